The molecule has 40 heavy (non-hydrogen) atoms. The van der Waals surface area contributed by atoms with Crippen molar-refractivity contribution in [3.63, 3.8) is 0 Å². The molecule has 2 fully saturated rings. The highest BCUT2D eigenvalue weighted by Crippen LogP contribution is 2.46. The molecule has 0 unspecified atom stereocenters. The van der Waals surface area contributed by atoms with Crippen molar-refractivity contribution in [2.24, 2.45) is 5.92 Å². The van der Waals surface area contributed by atoms with Crippen molar-refractivity contribution >= 4 is 35.0 Å². The minimum absolute atomic E-state index is 0.0240. The SMILES string of the molecule is N#C[C@@H]1C[C@@]2(CN1C(=O)[C@H](CC1CC1)NC(=O)C(=O)Nc1c(F)cccc1C(F)(F)F)C(=O)Nc1ccccc12. The number of amides is 4. The maximum absolute atomic E-state index is 14.2. The van der Waals surface area contributed by atoms with Gasteiger partial charge in [-0.25, -0.2) is 4.39 Å². The van der Waals surface area contributed by atoms with E-state index in [0.717, 1.165) is 18.9 Å². The van der Waals surface area contributed by atoms with Crippen LogP contribution in [0.1, 0.15) is 36.8 Å². The molecular formula is C27H23F4N5O4. The van der Waals surface area contributed by atoms with Gasteiger partial charge >= 0.3 is 18.0 Å². The number of halogens is 4. The predicted octanol–water partition coefficient (Wildman–Crippen LogP) is 3.08. The fourth-order valence-corrected chi connectivity index (χ4v) is 5.38. The molecule has 13 heteroatoms. The minimum atomic E-state index is -5.01. The monoisotopic (exact) mass is 557 g/mol. The zero-order valence-electron chi connectivity index (χ0n) is 20.8. The van der Waals surface area contributed by atoms with Crippen LogP contribution in [0.25, 0.3) is 0 Å². The van der Waals surface area contributed by atoms with E-state index in [4.69, 9.17) is 0 Å². The van der Waals surface area contributed by atoms with E-state index in [-0.39, 0.29) is 31.2 Å². The third kappa shape index (κ3) is 4.85. The van der Waals surface area contributed by atoms with Gasteiger partial charge in [0.05, 0.1) is 22.7 Å². The number of anilines is 2. The molecule has 2 heterocycles. The number of nitrogens with zero attached hydrogens (tertiary/aromatic N) is 2. The van der Waals surface area contributed by atoms with Gasteiger partial charge in [-0.2, -0.15) is 18.4 Å². The molecule has 5 rings (SSSR count). The van der Waals surface area contributed by atoms with Crippen LogP contribution < -0.4 is 16.0 Å². The molecule has 1 spiro atoms. The Labute approximate surface area is 225 Å². The first kappa shape index (κ1) is 27.1. The number of benzene rings is 2. The highest BCUT2D eigenvalue weighted by molar-refractivity contribution is 6.40. The molecule has 0 bridgehead atoms. The molecule has 2 aliphatic heterocycles. The molecule has 4 amide bonds. The number of carbonyl (C=O) groups excluding carboxylic acids is 4. The summed E-state index contributed by atoms with van der Waals surface area (Å²) < 4.78 is 54.1. The average Bonchev–Trinajstić information content (AvgIpc) is 3.58. The van der Waals surface area contributed by atoms with E-state index in [1.54, 1.807) is 29.6 Å². The first-order chi connectivity index (χ1) is 18.9. The van der Waals surface area contributed by atoms with Crippen LogP contribution in [0.3, 0.4) is 0 Å². The summed E-state index contributed by atoms with van der Waals surface area (Å²) in [6.45, 7) is -0.139. The molecule has 1 saturated carbocycles. The molecule has 1 aliphatic carbocycles. The van der Waals surface area contributed by atoms with Crippen molar-refractivity contribution in [1.82, 2.24) is 10.2 Å². The molecule has 0 radical (unpaired) electrons. The zero-order valence-corrected chi connectivity index (χ0v) is 20.8. The molecule has 9 nitrogen and oxygen atoms in total. The number of nitrogens with one attached hydrogen (secondary N) is 3. The quantitative estimate of drug-likeness (QED) is 0.384. The van der Waals surface area contributed by atoms with Gasteiger partial charge in [0.2, 0.25) is 11.8 Å². The lowest BCUT2D eigenvalue weighted by atomic mass is 9.80. The van der Waals surface area contributed by atoms with E-state index in [9.17, 15) is 42.0 Å². The Hall–Kier alpha value is -4.47. The number of nitriles is 1. The molecule has 3 N–H and O–H groups in total. The van der Waals surface area contributed by atoms with Crippen molar-refractivity contribution < 1.29 is 36.7 Å². The highest BCUT2D eigenvalue weighted by Gasteiger charge is 2.56. The lowest BCUT2D eigenvalue weighted by molar-refractivity contribution is -0.141. The van der Waals surface area contributed by atoms with Gasteiger partial charge in [-0.1, -0.05) is 37.1 Å². The third-order valence-corrected chi connectivity index (χ3v) is 7.55. The standard InChI is InChI=1S/C27H23F4N5O4/c28-18-6-3-5-17(27(29,30)31)21(18)35-23(38)22(37)33-20(10-14-8-9-14)24(39)36-13-26(11-15(36)12-32)16-4-1-2-7-19(16)34-25(26)40/h1-7,14-15,20H,8-11,13H2,(H,33,37)(H,34,40)(H,35,38)/t15-,20-,26-/m0/s1. The maximum Gasteiger partial charge on any atom is 0.418 e. The maximum atomic E-state index is 14.2. The van der Waals surface area contributed by atoms with Crippen LogP contribution in [0, 0.1) is 23.1 Å². The van der Waals surface area contributed by atoms with Crippen LogP contribution in [0.4, 0.5) is 28.9 Å². The van der Waals surface area contributed by atoms with Gasteiger partial charge in [0, 0.05) is 18.7 Å². The summed E-state index contributed by atoms with van der Waals surface area (Å²) in [5, 5.41) is 16.5. The number of para-hydroxylation sites is 2. The van der Waals surface area contributed by atoms with E-state index < -0.39 is 58.5 Å². The number of alkyl halides is 3. The molecule has 208 valence electrons. The summed E-state index contributed by atoms with van der Waals surface area (Å²) in [5.41, 5.74) is -2.64. The van der Waals surface area contributed by atoms with Gasteiger partial charge in [0.15, 0.2) is 0 Å². The second-order valence-electron chi connectivity index (χ2n) is 10.2. The molecule has 1 saturated heterocycles. The van der Waals surface area contributed by atoms with Crippen molar-refractivity contribution in [2.45, 2.75) is 49.4 Å². The first-order valence-electron chi connectivity index (χ1n) is 12.5. The summed E-state index contributed by atoms with van der Waals surface area (Å²) in [6, 6.07) is 8.73. The van der Waals surface area contributed by atoms with Crippen molar-refractivity contribution in [2.75, 3.05) is 17.2 Å². The second-order valence-corrected chi connectivity index (χ2v) is 10.2. The van der Waals surface area contributed by atoms with E-state index in [0.29, 0.717) is 23.4 Å². The van der Waals surface area contributed by atoms with Gasteiger partial charge in [0.25, 0.3) is 0 Å². The van der Waals surface area contributed by atoms with Gasteiger partial charge in [-0.15, -0.1) is 0 Å². The van der Waals surface area contributed by atoms with Crippen LogP contribution in [0.2, 0.25) is 0 Å². The van der Waals surface area contributed by atoms with Gasteiger partial charge in [-0.3, -0.25) is 19.2 Å². The van der Waals surface area contributed by atoms with E-state index in [2.05, 4.69) is 10.6 Å². The minimum Gasteiger partial charge on any atom is -0.336 e. The smallest absolute Gasteiger partial charge is 0.336 e. The average molecular weight is 558 g/mol. The number of hydrogen-bond acceptors (Lipinski definition) is 5. The Morgan fingerprint density at radius 1 is 1.12 bits per heavy atom. The summed E-state index contributed by atoms with van der Waals surface area (Å²) >= 11 is 0. The lowest BCUT2D eigenvalue weighted by Gasteiger charge is -2.27. The Balaban J connectivity index is 1.36. The van der Waals surface area contributed by atoms with E-state index >= 15 is 0 Å². The Kier molecular flexibility index (Phi) is 6.73. The van der Waals surface area contributed by atoms with Crippen molar-refractivity contribution in [3.8, 4) is 6.07 Å². The fourth-order valence-electron chi connectivity index (χ4n) is 5.38. The molecule has 2 aromatic carbocycles. The first-order valence-corrected chi connectivity index (χ1v) is 12.5. The molecule has 3 aliphatic rings. The molecular weight excluding hydrogens is 534 g/mol. The van der Waals surface area contributed by atoms with E-state index in [1.807, 2.05) is 6.07 Å². The predicted molar refractivity (Wildman–Crippen MR) is 132 cm³/mol. The van der Waals surface area contributed by atoms with Crippen LogP contribution in [0.5, 0.6) is 0 Å². The molecule has 3 atom stereocenters. The normalized spacial score (nSPS) is 22.3. The Morgan fingerprint density at radius 3 is 2.52 bits per heavy atom. The number of carbonyl (C=O) groups is 4. The lowest BCUT2D eigenvalue weighted by Crippen LogP contribution is -2.53. The van der Waals surface area contributed by atoms with Crippen LogP contribution >= 0.6 is 0 Å². The van der Waals surface area contributed by atoms with Crippen LogP contribution in [-0.4, -0.2) is 47.2 Å². The fraction of sp³-hybridized carbons (Fsp3) is 0.370. The molecule has 0 aromatic heterocycles. The van der Waals surface area contributed by atoms with Gasteiger partial charge in [0.1, 0.15) is 17.9 Å². The number of likely N-dealkylation sites (tertiary alicyclic amines) is 1. The molecule has 2 aromatic rings. The van der Waals surface area contributed by atoms with Crippen molar-refractivity contribution in [3.05, 3.63) is 59.4 Å². The van der Waals surface area contributed by atoms with Crippen molar-refractivity contribution in [1.29, 1.82) is 5.26 Å². The Bertz CT molecular complexity index is 1450. The van der Waals surface area contributed by atoms with Gasteiger partial charge in [-0.05, 0) is 36.1 Å². The highest BCUT2D eigenvalue weighted by atomic mass is 19.4. The largest absolute Gasteiger partial charge is 0.418 e. The van der Waals surface area contributed by atoms with Crippen LogP contribution in [-0.2, 0) is 30.8 Å². The summed E-state index contributed by atoms with van der Waals surface area (Å²) in [5.74, 6) is -5.44. The Morgan fingerprint density at radius 2 is 1.85 bits per heavy atom. The third-order valence-electron chi connectivity index (χ3n) is 7.55. The van der Waals surface area contributed by atoms with E-state index in [1.165, 1.54) is 4.90 Å². The second kappa shape index (κ2) is 9.93. The summed E-state index contributed by atoms with van der Waals surface area (Å²) in [6.07, 6.45) is -3.34. The summed E-state index contributed by atoms with van der Waals surface area (Å²) in [4.78, 5) is 53.2. The van der Waals surface area contributed by atoms with Gasteiger partial charge < -0.3 is 20.9 Å². The number of rotatable bonds is 5. The summed E-state index contributed by atoms with van der Waals surface area (Å²) in [7, 11) is 0. The number of hydrogen-bond donors (Lipinski definition) is 3. The topological polar surface area (TPSA) is 131 Å². The van der Waals surface area contributed by atoms with Crippen LogP contribution in [0.15, 0.2) is 42.5 Å². The number of fused-ring (bicyclic) bond motifs is 2. The zero-order chi connectivity index (χ0) is 28.8.